The molecule has 0 atom stereocenters. The molecule has 0 amide bonds. The van der Waals surface area contributed by atoms with Crippen LogP contribution in [0.2, 0.25) is 0 Å². The van der Waals surface area contributed by atoms with Crippen molar-refractivity contribution >= 4 is 6.72 Å². The van der Waals surface area contributed by atoms with Gasteiger partial charge in [-0.15, -0.1) is 0 Å². The molecule has 0 unspecified atom stereocenters. The molecule has 0 fully saturated rings. The van der Waals surface area contributed by atoms with Crippen molar-refractivity contribution in [2.45, 2.75) is 27.2 Å². The van der Waals surface area contributed by atoms with Gasteiger partial charge in [0.2, 0.25) is 0 Å². The van der Waals surface area contributed by atoms with Crippen molar-refractivity contribution in [3.05, 3.63) is 78.7 Å². The third-order valence-corrected chi connectivity index (χ3v) is 3.35. The third kappa shape index (κ3) is 8.49. The van der Waals surface area contributed by atoms with Crippen LogP contribution >= 0.6 is 0 Å². The third-order valence-electron chi connectivity index (χ3n) is 3.35. The lowest BCUT2D eigenvalue weighted by Crippen LogP contribution is -2.29. The number of hydrogen-bond donors (Lipinski definition) is 1. The molecule has 4 heteroatoms. The summed E-state index contributed by atoms with van der Waals surface area (Å²) < 4.78 is 5.87. The van der Waals surface area contributed by atoms with Crippen molar-refractivity contribution in [2.75, 3.05) is 19.9 Å². The molecule has 0 aliphatic carbocycles. The van der Waals surface area contributed by atoms with Crippen LogP contribution in [0.1, 0.15) is 25.8 Å². The molecule has 0 saturated heterocycles. The van der Waals surface area contributed by atoms with Gasteiger partial charge in [-0.05, 0) is 44.3 Å². The van der Waals surface area contributed by atoms with Gasteiger partial charge in [0.05, 0.1) is 11.4 Å². The Morgan fingerprint density at radius 2 is 1.88 bits per heavy atom. The summed E-state index contributed by atoms with van der Waals surface area (Å²) in [4.78, 5) is 6.01. The molecule has 1 aromatic carbocycles. The molecular formula is C22H32N2O2. The number of ether oxygens (including phenoxy) is 1. The monoisotopic (exact) mass is 356 g/mol. The van der Waals surface area contributed by atoms with Crippen molar-refractivity contribution in [1.29, 1.82) is 0 Å². The number of rotatable bonds is 11. The Balaban J connectivity index is 0.00000301. The highest BCUT2D eigenvalue weighted by Crippen LogP contribution is 2.18. The van der Waals surface area contributed by atoms with Crippen molar-refractivity contribution < 1.29 is 9.84 Å². The molecular weight excluding hydrogens is 324 g/mol. The maximum Gasteiger partial charge on any atom is 0.161 e. The van der Waals surface area contributed by atoms with E-state index in [0.717, 1.165) is 11.4 Å². The molecule has 0 spiro atoms. The van der Waals surface area contributed by atoms with Gasteiger partial charge in [-0.2, -0.15) is 0 Å². The van der Waals surface area contributed by atoms with Crippen molar-refractivity contribution in [1.82, 2.24) is 4.90 Å². The lowest BCUT2D eigenvalue weighted by Gasteiger charge is -2.26. The van der Waals surface area contributed by atoms with Crippen LogP contribution in [0, 0.1) is 6.92 Å². The van der Waals surface area contributed by atoms with Crippen LogP contribution in [0.15, 0.2) is 78.1 Å². The van der Waals surface area contributed by atoms with Gasteiger partial charge < -0.3 is 14.7 Å². The molecule has 0 heterocycles. The van der Waals surface area contributed by atoms with Crippen molar-refractivity contribution in [3.63, 3.8) is 0 Å². The molecule has 0 bridgehead atoms. The van der Waals surface area contributed by atoms with E-state index < -0.39 is 0 Å². The largest absolute Gasteiger partial charge is 0.473 e. The second-order valence-corrected chi connectivity index (χ2v) is 5.15. The fourth-order valence-electron chi connectivity index (χ4n) is 2.07. The second kappa shape index (κ2) is 14.7. The van der Waals surface area contributed by atoms with E-state index in [1.54, 1.807) is 12.2 Å². The Hall–Kier alpha value is -2.59. The number of benzene rings is 1. The summed E-state index contributed by atoms with van der Waals surface area (Å²) in [5.74, 6) is 0.786. The number of aliphatic hydroxyl groups is 1. The molecule has 142 valence electrons. The van der Waals surface area contributed by atoms with Gasteiger partial charge in [0, 0.05) is 13.2 Å². The van der Waals surface area contributed by atoms with Gasteiger partial charge >= 0.3 is 0 Å². The van der Waals surface area contributed by atoms with Crippen LogP contribution in [-0.4, -0.2) is 36.6 Å². The normalized spacial score (nSPS) is 11.1. The smallest absolute Gasteiger partial charge is 0.161 e. The first-order valence-electron chi connectivity index (χ1n) is 8.84. The number of aryl methyl sites for hydroxylation is 1. The molecule has 0 aromatic heterocycles. The molecule has 0 aliphatic rings. The minimum absolute atomic E-state index is 0.102. The predicted octanol–water partition coefficient (Wildman–Crippen LogP) is 4.88. The first kappa shape index (κ1) is 23.4. The minimum atomic E-state index is 0.102. The zero-order valence-corrected chi connectivity index (χ0v) is 16.3. The van der Waals surface area contributed by atoms with Crippen LogP contribution in [0.25, 0.3) is 0 Å². The highest BCUT2D eigenvalue weighted by molar-refractivity contribution is 5.39. The number of hydrogen-bond acceptors (Lipinski definition) is 4. The summed E-state index contributed by atoms with van der Waals surface area (Å²) in [6.45, 7) is 18.2. The minimum Gasteiger partial charge on any atom is -0.473 e. The first-order valence-corrected chi connectivity index (χ1v) is 8.84. The lowest BCUT2D eigenvalue weighted by molar-refractivity contribution is 0.151. The molecule has 1 N–H and O–H groups in total. The van der Waals surface area contributed by atoms with E-state index in [0.29, 0.717) is 25.4 Å². The SMILES string of the molecule is C=C/C=C\C(=C(/C=C)N=C)N(CCCO)COc1ccc(C)cc1.CC. The predicted molar refractivity (Wildman–Crippen MR) is 113 cm³/mol. The Kier molecular flexibility index (Phi) is 13.3. The van der Waals surface area contributed by atoms with E-state index in [1.807, 2.05) is 62.1 Å². The van der Waals surface area contributed by atoms with Crippen LogP contribution < -0.4 is 4.74 Å². The average Bonchev–Trinajstić information content (AvgIpc) is 2.68. The molecule has 0 radical (unpaired) electrons. The summed E-state index contributed by atoms with van der Waals surface area (Å²) in [6.07, 6.45) is 7.66. The second-order valence-electron chi connectivity index (χ2n) is 5.15. The summed E-state index contributed by atoms with van der Waals surface area (Å²) in [7, 11) is 0. The molecule has 0 saturated carbocycles. The Labute approximate surface area is 158 Å². The topological polar surface area (TPSA) is 45.1 Å². The zero-order chi connectivity index (χ0) is 19.8. The number of aliphatic imine (C=N–C) groups is 1. The quantitative estimate of drug-likeness (QED) is 0.349. The van der Waals surface area contributed by atoms with Crippen molar-refractivity contribution in [3.8, 4) is 5.75 Å². The number of allylic oxidation sites excluding steroid dienone is 4. The van der Waals surface area contributed by atoms with Crippen LogP contribution in [0.4, 0.5) is 0 Å². The highest BCUT2D eigenvalue weighted by atomic mass is 16.5. The standard InChI is InChI=1S/C20H26N2O2.C2H6/c1-5-7-9-20(19(6-2)21-4)22(14-8-15-23)16-24-18-12-10-17(3)11-13-18;1-2/h5-7,9-13,23H,1-2,4,8,14-16H2,3H3;1-2H3/b9-7-,20-19-;. The van der Waals surface area contributed by atoms with Gasteiger partial charge in [-0.25, -0.2) is 0 Å². The summed E-state index contributed by atoms with van der Waals surface area (Å²) in [5, 5.41) is 9.17. The van der Waals surface area contributed by atoms with E-state index in [2.05, 4.69) is 24.9 Å². The maximum absolute atomic E-state index is 9.17. The van der Waals surface area contributed by atoms with Gasteiger partial charge in [-0.3, -0.25) is 4.99 Å². The molecule has 0 aliphatic heterocycles. The molecule has 1 rings (SSSR count). The first-order chi connectivity index (χ1) is 12.7. The Morgan fingerprint density at radius 1 is 1.23 bits per heavy atom. The maximum atomic E-state index is 9.17. The fraction of sp³-hybridized carbons (Fsp3) is 0.318. The number of aliphatic hydroxyl groups excluding tert-OH is 1. The Morgan fingerprint density at radius 3 is 2.38 bits per heavy atom. The summed E-state index contributed by atoms with van der Waals surface area (Å²) in [5.41, 5.74) is 2.65. The van der Waals surface area contributed by atoms with E-state index in [-0.39, 0.29) is 6.61 Å². The van der Waals surface area contributed by atoms with Crippen LogP contribution in [-0.2, 0) is 0 Å². The van der Waals surface area contributed by atoms with E-state index in [4.69, 9.17) is 9.84 Å². The van der Waals surface area contributed by atoms with E-state index >= 15 is 0 Å². The molecule has 1 aromatic rings. The van der Waals surface area contributed by atoms with Crippen molar-refractivity contribution in [2.24, 2.45) is 4.99 Å². The van der Waals surface area contributed by atoms with E-state index in [1.165, 1.54) is 5.56 Å². The van der Waals surface area contributed by atoms with Gasteiger partial charge in [0.25, 0.3) is 0 Å². The van der Waals surface area contributed by atoms with Crippen LogP contribution in [0.3, 0.4) is 0 Å². The fourth-order valence-corrected chi connectivity index (χ4v) is 2.07. The molecule has 4 nitrogen and oxygen atoms in total. The average molecular weight is 357 g/mol. The highest BCUT2D eigenvalue weighted by Gasteiger charge is 2.11. The van der Waals surface area contributed by atoms with Crippen LogP contribution in [0.5, 0.6) is 5.75 Å². The zero-order valence-electron chi connectivity index (χ0n) is 16.3. The molecule has 26 heavy (non-hydrogen) atoms. The number of nitrogens with zero attached hydrogens (tertiary/aromatic N) is 2. The van der Waals surface area contributed by atoms with Gasteiger partial charge in [0.1, 0.15) is 5.75 Å². The summed E-state index contributed by atoms with van der Waals surface area (Å²) in [6, 6.07) is 7.87. The lowest BCUT2D eigenvalue weighted by atomic mass is 10.2. The van der Waals surface area contributed by atoms with E-state index in [9.17, 15) is 0 Å². The van der Waals surface area contributed by atoms with Gasteiger partial charge in [0.15, 0.2) is 6.73 Å². The summed E-state index contributed by atoms with van der Waals surface area (Å²) >= 11 is 0. The van der Waals surface area contributed by atoms with Gasteiger partial charge in [-0.1, -0.05) is 56.9 Å². The Bertz CT molecular complexity index is 591.